The van der Waals surface area contributed by atoms with E-state index in [9.17, 15) is 9.18 Å². The highest BCUT2D eigenvalue weighted by Crippen LogP contribution is 2.13. The van der Waals surface area contributed by atoms with E-state index in [2.05, 4.69) is 15.8 Å². The first-order valence-corrected chi connectivity index (χ1v) is 4.15. The normalized spacial score (nSPS) is 10.2. The van der Waals surface area contributed by atoms with Gasteiger partial charge in [0.25, 0.3) is 5.91 Å². The fraction of sp³-hybridized carbons (Fsp3) is 0.250. The van der Waals surface area contributed by atoms with Crippen LogP contribution < -0.4 is 16.7 Å². The van der Waals surface area contributed by atoms with E-state index in [1.165, 1.54) is 17.3 Å². The first-order valence-electron chi connectivity index (χ1n) is 4.15. The Hall–Kier alpha value is -1.73. The third-order valence-corrected chi connectivity index (χ3v) is 1.60. The Kier molecular flexibility index (Phi) is 3.53. The van der Waals surface area contributed by atoms with Crippen LogP contribution in [0.25, 0.3) is 0 Å². The Labute approximate surface area is 86.2 Å². The molecule has 82 valence electrons. The summed E-state index contributed by atoms with van der Waals surface area (Å²) in [7, 11) is 3.25. The number of hydrogen-bond donors (Lipinski definition) is 3. The number of nitrogen functional groups attached to an aromatic ring is 1. The number of nitrogens with one attached hydrogen (secondary N) is 2. The second-order valence-electron chi connectivity index (χ2n) is 3.00. The Morgan fingerprint density at radius 3 is 2.80 bits per heavy atom. The number of hydrazine groups is 2. The third-order valence-electron chi connectivity index (χ3n) is 1.60. The van der Waals surface area contributed by atoms with Gasteiger partial charge >= 0.3 is 0 Å². The number of amides is 1. The molecule has 1 rings (SSSR count). The molecule has 0 spiro atoms. The summed E-state index contributed by atoms with van der Waals surface area (Å²) >= 11 is 0. The lowest BCUT2D eigenvalue weighted by Crippen LogP contribution is -2.36. The predicted molar refractivity (Wildman–Crippen MR) is 53.2 cm³/mol. The average molecular weight is 213 g/mol. The predicted octanol–water partition coefficient (Wildman–Crippen LogP) is -0.287. The molecule has 0 saturated heterocycles. The molecule has 0 unspecified atom stereocenters. The molecular weight excluding hydrogens is 201 g/mol. The maximum Gasteiger partial charge on any atom is 0.268 e. The van der Waals surface area contributed by atoms with Crippen LogP contribution in [0.4, 0.5) is 10.2 Å². The Morgan fingerprint density at radius 1 is 1.60 bits per heavy atom. The molecule has 0 aromatic carbocycles. The summed E-state index contributed by atoms with van der Waals surface area (Å²) in [5.74, 6) is 3.52. The van der Waals surface area contributed by atoms with Gasteiger partial charge in [-0.05, 0) is 6.07 Å². The van der Waals surface area contributed by atoms with E-state index in [-0.39, 0.29) is 11.4 Å². The molecule has 0 aliphatic rings. The Bertz CT molecular complexity index is 368. The third kappa shape index (κ3) is 2.61. The molecule has 0 saturated carbocycles. The molecule has 1 amide bonds. The van der Waals surface area contributed by atoms with Crippen LogP contribution in [-0.2, 0) is 0 Å². The van der Waals surface area contributed by atoms with Crippen molar-refractivity contribution in [3.63, 3.8) is 0 Å². The zero-order chi connectivity index (χ0) is 11.4. The van der Waals surface area contributed by atoms with E-state index in [0.717, 1.165) is 0 Å². The maximum atomic E-state index is 13.5. The number of pyridine rings is 1. The lowest BCUT2D eigenvalue weighted by Gasteiger charge is -2.12. The van der Waals surface area contributed by atoms with E-state index in [1.807, 2.05) is 0 Å². The van der Waals surface area contributed by atoms with Crippen molar-refractivity contribution in [2.45, 2.75) is 0 Å². The number of nitrogens with two attached hydrogens (primary N) is 1. The van der Waals surface area contributed by atoms with Crippen LogP contribution in [0.15, 0.2) is 12.3 Å². The minimum Gasteiger partial charge on any atom is -0.306 e. The molecule has 0 fully saturated rings. The summed E-state index contributed by atoms with van der Waals surface area (Å²) in [6.45, 7) is 0. The zero-order valence-electron chi connectivity index (χ0n) is 8.41. The molecule has 0 atom stereocenters. The van der Waals surface area contributed by atoms with E-state index < -0.39 is 11.7 Å². The van der Waals surface area contributed by atoms with E-state index >= 15 is 0 Å². The van der Waals surface area contributed by atoms with Gasteiger partial charge in [0.1, 0.15) is 0 Å². The number of aromatic nitrogens is 1. The summed E-state index contributed by atoms with van der Waals surface area (Å²) in [5.41, 5.74) is 4.35. The second-order valence-corrected chi connectivity index (χ2v) is 3.00. The van der Waals surface area contributed by atoms with Crippen molar-refractivity contribution in [3.8, 4) is 0 Å². The summed E-state index contributed by atoms with van der Waals surface area (Å²) in [5, 5.41) is 1.41. The minimum absolute atomic E-state index is 0.119. The molecule has 6 nitrogen and oxygen atoms in total. The number of carbonyl (C=O) groups excluding carboxylic acids is 1. The quantitative estimate of drug-likeness (QED) is 0.475. The van der Waals surface area contributed by atoms with Gasteiger partial charge in [-0.2, -0.15) is 0 Å². The fourth-order valence-electron chi connectivity index (χ4n) is 0.983. The van der Waals surface area contributed by atoms with Crippen molar-refractivity contribution < 1.29 is 9.18 Å². The molecular formula is C8H12FN5O. The lowest BCUT2D eigenvalue weighted by molar-refractivity contribution is 0.0852. The number of nitrogens with zero attached hydrogens (tertiary/aromatic N) is 2. The SMILES string of the molecule is CN(C)NC(=O)c1ccnc(NN)c1F. The van der Waals surface area contributed by atoms with Crippen LogP contribution in [0, 0.1) is 5.82 Å². The van der Waals surface area contributed by atoms with Crippen molar-refractivity contribution >= 4 is 11.7 Å². The summed E-state index contributed by atoms with van der Waals surface area (Å²) < 4.78 is 13.5. The Balaban J connectivity index is 2.99. The first kappa shape index (κ1) is 11.3. The van der Waals surface area contributed by atoms with Crippen LogP contribution >= 0.6 is 0 Å². The van der Waals surface area contributed by atoms with Crippen LogP contribution in [0.1, 0.15) is 10.4 Å². The Morgan fingerprint density at radius 2 is 2.27 bits per heavy atom. The van der Waals surface area contributed by atoms with Gasteiger partial charge in [0.15, 0.2) is 11.6 Å². The largest absolute Gasteiger partial charge is 0.306 e. The van der Waals surface area contributed by atoms with Gasteiger partial charge < -0.3 is 5.43 Å². The number of rotatable bonds is 3. The molecule has 0 bridgehead atoms. The molecule has 15 heavy (non-hydrogen) atoms. The van der Waals surface area contributed by atoms with E-state index in [1.54, 1.807) is 14.1 Å². The molecule has 4 N–H and O–H groups in total. The van der Waals surface area contributed by atoms with Crippen molar-refractivity contribution in [2.24, 2.45) is 5.84 Å². The van der Waals surface area contributed by atoms with Crippen LogP contribution in [0.2, 0.25) is 0 Å². The molecule has 1 aromatic heterocycles. The van der Waals surface area contributed by atoms with Gasteiger partial charge in [-0.25, -0.2) is 20.2 Å². The highest BCUT2D eigenvalue weighted by molar-refractivity contribution is 5.94. The fourth-order valence-corrected chi connectivity index (χ4v) is 0.983. The van der Waals surface area contributed by atoms with Gasteiger partial charge in [0.05, 0.1) is 5.56 Å². The molecule has 0 radical (unpaired) electrons. The molecule has 0 aliphatic heterocycles. The van der Waals surface area contributed by atoms with Crippen molar-refractivity contribution in [3.05, 3.63) is 23.6 Å². The van der Waals surface area contributed by atoms with Crippen LogP contribution in [0.3, 0.4) is 0 Å². The number of anilines is 1. The second kappa shape index (κ2) is 4.67. The summed E-state index contributed by atoms with van der Waals surface area (Å²) in [6, 6.07) is 1.27. The molecule has 1 aromatic rings. The average Bonchev–Trinajstić information content (AvgIpc) is 2.17. The lowest BCUT2D eigenvalue weighted by atomic mass is 10.2. The van der Waals surface area contributed by atoms with Crippen molar-refractivity contribution in [2.75, 3.05) is 19.5 Å². The number of halogens is 1. The highest BCUT2D eigenvalue weighted by atomic mass is 19.1. The zero-order valence-corrected chi connectivity index (χ0v) is 8.41. The van der Waals surface area contributed by atoms with Gasteiger partial charge in [0.2, 0.25) is 0 Å². The minimum atomic E-state index is -0.778. The van der Waals surface area contributed by atoms with Crippen LogP contribution in [-0.4, -0.2) is 30.0 Å². The summed E-state index contributed by atoms with van der Waals surface area (Å²) in [4.78, 5) is 15.1. The molecule has 7 heteroatoms. The topological polar surface area (TPSA) is 83.3 Å². The number of hydrogen-bond acceptors (Lipinski definition) is 5. The van der Waals surface area contributed by atoms with Gasteiger partial charge in [-0.1, -0.05) is 0 Å². The smallest absolute Gasteiger partial charge is 0.268 e. The van der Waals surface area contributed by atoms with E-state index in [4.69, 9.17) is 5.84 Å². The van der Waals surface area contributed by atoms with E-state index in [0.29, 0.717) is 0 Å². The van der Waals surface area contributed by atoms with Gasteiger partial charge in [-0.15, -0.1) is 0 Å². The van der Waals surface area contributed by atoms with Crippen LogP contribution in [0.5, 0.6) is 0 Å². The first-order chi connectivity index (χ1) is 7.06. The van der Waals surface area contributed by atoms with Gasteiger partial charge in [0, 0.05) is 20.3 Å². The highest BCUT2D eigenvalue weighted by Gasteiger charge is 2.15. The molecule has 0 aliphatic carbocycles. The monoisotopic (exact) mass is 213 g/mol. The standard InChI is InChI=1S/C8H12FN5O/c1-14(2)13-8(15)5-3-4-11-7(12-10)6(5)9/h3-4H,10H2,1-2H3,(H,11,12)(H,13,15). The maximum absolute atomic E-state index is 13.5. The van der Waals surface area contributed by atoms with Crippen molar-refractivity contribution in [1.82, 2.24) is 15.4 Å². The van der Waals surface area contributed by atoms with Crippen molar-refractivity contribution in [1.29, 1.82) is 0 Å². The summed E-state index contributed by atoms with van der Waals surface area (Å²) in [6.07, 6.45) is 1.29. The van der Waals surface area contributed by atoms with Gasteiger partial charge in [-0.3, -0.25) is 10.2 Å². The number of carbonyl (C=O) groups is 1. The molecule has 1 heterocycles.